The second-order valence-corrected chi connectivity index (χ2v) is 12.1. The Kier molecular flexibility index (Phi) is 6.79. The molecule has 1 amide bonds. The highest BCUT2D eigenvalue weighted by atomic mass is 32.2. The molecule has 0 atom stereocenters. The standard InChI is InChI=1S/C21H23N3O6S2/c1-14(2)32(28,29)18-10-6-16(7-11-18)20-23-24-21(30-20)22-19(25)12-13-31(26,27)17-8-4-15(3)5-9-17/h4-11,14H,12-13H2,1-3H3,(H,22,24,25). The molecule has 11 heteroatoms. The Hall–Kier alpha value is -3.05. The Morgan fingerprint density at radius 1 is 0.938 bits per heavy atom. The van der Waals surface area contributed by atoms with Crippen LogP contribution in [0.25, 0.3) is 11.5 Å². The molecule has 0 unspecified atom stereocenters. The van der Waals surface area contributed by atoms with Gasteiger partial charge in [-0.25, -0.2) is 16.8 Å². The van der Waals surface area contributed by atoms with E-state index in [0.717, 1.165) is 5.56 Å². The van der Waals surface area contributed by atoms with Crippen molar-refractivity contribution in [3.63, 3.8) is 0 Å². The van der Waals surface area contributed by atoms with Crippen molar-refractivity contribution >= 4 is 31.6 Å². The molecule has 0 bridgehead atoms. The van der Waals surface area contributed by atoms with Crippen molar-refractivity contribution in [2.45, 2.75) is 42.2 Å². The summed E-state index contributed by atoms with van der Waals surface area (Å²) in [6, 6.07) is 12.2. The number of benzene rings is 2. The van der Waals surface area contributed by atoms with Gasteiger partial charge in [0.1, 0.15) is 0 Å². The molecular formula is C21H23N3O6S2. The lowest BCUT2D eigenvalue weighted by Crippen LogP contribution is -2.17. The van der Waals surface area contributed by atoms with Crippen molar-refractivity contribution in [3.05, 3.63) is 54.1 Å². The summed E-state index contributed by atoms with van der Waals surface area (Å²) < 4.78 is 54.5. The van der Waals surface area contributed by atoms with Crippen LogP contribution >= 0.6 is 0 Å². The summed E-state index contributed by atoms with van der Waals surface area (Å²) in [6.07, 6.45) is -0.282. The maximum absolute atomic E-state index is 12.4. The summed E-state index contributed by atoms with van der Waals surface area (Å²) >= 11 is 0. The van der Waals surface area contributed by atoms with Crippen molar-refractivity contribution in [2.75, 3.05) is 11.1 Å². The molecule has 3 aromatic rings. The van der Waals surface area contributed by atoms with E-state index in [1.54, 1.807) is 26.0 Å². The average molecular weight is 478 g/mol. The van der Waals surface area contributed by atoms with Gasteiger partial charge in [0.25, 0.3) is 0 Å². The van der Waals surface area contributed by atoms with Crippen LogP contribution in [0, 0.1) is 6.92 Å². The van der Waals surface area contributed by atoms with Gasteiger partial charge >= 0.3 is 6.01 Å². The smallest absolute Gasteiger partial charge is 0.322 e. The van der Waals surface area contributed by atoms with E-state index in [9.17, 15) is 21.6 Å². The fraction of sp³-hybridized carbons (Fsp3) is 0.286. The van der Waals surface area contributed by atoms with E-state index in [4.69, 9.17) is 4.42 Å². The van der Waals surface area contributed by atoms with Crippen LogP contribution in [0.5, 0.6) is 0 Å². The molecule has 0 aliphatic heterocycles. The third kappa shape index (κ3) is 5.40. The first-order valence-electron chi connectivity index (χ1n) is 9.76. The zero-order chi connectivity index (χ0) is 23.5. The minimum Gasteiger partial charge on any atom is -0.403 e. The Bertz CT molecular complexity index is 1310. The number of aromatic nitrogens is 2. The Morgan fingerprint density at radius 3 is 2.12 bits per heavy atom. The van der Waals surface area contributed by atoms with Gasteiger partial charge in [0, 0.05) is 12.0 Å². The lowest BCUT2D eigenvalue weighted by atomic mass is 10.2. The number of carbonyl (C=O) groups is 1. The van der Waals surface area contributed by atoms with Crippen molar-refractivity contribution in [1.82, 2.24) is 10.2 Å². The average Bonchev–Trinajstić information content (AvgIpc) is 3.21. The fourth-order valence-electron chi connectivity index (χ4n) is 2.72. The van der Waals surface area contributed by atoms with Crippen LogP contribution in [-0.4, -0.2) is 43.9 Å². The lowest BCUT2D eigenvalue weighted by molar-refractivity contribution is -0.115. The maximum atomic E-state index is 12.4. The number of sulfone groups is 2. The third-order valence-corrected chi connectivity index (χ3v) is 8.60. The van der Waals surface area contributed by atoms with E-state index >= 15 is 0 Å². The zero-order valence-electron chi connectivity index (χ0n) is 17.8. The van der Waals surface area contributed by atoms with E-state index in [-0.39, 0.29) is 33.9 Å². The molecule has 0 aliphatic carbocycles. The predicted molar refractivity (Wildman–Crippen MR) is 119 cm³/mol. The van der Waals surface area contributed by atoms with Crippen LogP contribution in [0.1, 0.15) is 25.8 Å². The molecule has 32 heavy (non-hydrogen) atoms. The summed E-state index contributed by atoms with van der Waals surface area (Å²) in [5.74, 6) is -0.871. The van der Waals surface area contributed by atoms with Gasteiger partial charge in [0.15, 0.2) is 19.7 Å². The summed E-state index contributed by atoms with van der Waals surface area (Å²) in [7, 11) is -7.00. The first kappa shape index (κ1) is 23.6. The van der Waals surface area contributed by atoms with Gasteiger partial charge < -0.3 is 4.42 Å². The quantitative estimate of drug-likeness (QED) is 0.523. The van der Waals surface area contributed by atoms with Crippen molar-refractivity contribution in [3.8, 4) is 11.5 Å². The lowest BCUT2D eigenvalue weighted by Gasteiger charge is -2.07. The number of rotatable bonds is 8. The van der Waals surface area contributed by atoms with E-state index in [0.29, 0.717) is 5.56 Å². The Morgan fingerprint density at radius 2 is 1.53 bits per heavy atom. The number of anilines is 1. The number of carbonyl (C=O) groups excluding carboxylic acids is 1. The van der Waals surface area contributed by atoms with Crippen LogP contribution in [-0.2, 0) is 24.5 Å². The second kappa shape index (κ2) is 9.21. The number of hydrogen-bond acceptors (Lipinski definition) is 8. The fourth-order valence-corrected chi connectivity index (χ4v) is 5.02. The summed E-state index contributed by atoms with van der Waals surface area (Å²) in [5.41, 5.74) is 1.41. The first-order chi connectivity index (χ1) is 15.0. The van der Waals surface area contributed by atoms with Crippen molar-refractivity contribution < 1.29 is 26.0 Å². The molecule has 1 aromatic heterocycles. The highest BCUT2D eigenvalue weighted by molar-refractivity contribution is 7.92. The molecule has 1 N–H and O–H groups in total. The second-order valence-electron chi connectivity index (χ2n) is 7.46. The molecule has 0 spiro atoms. The summed E-state index contributed by atoms with van der Waals surface area (Å²) in [6.45, 7) is 5.05. The van der Waals surface area contributed by atoms with E-state index in [1.807, 2.05) is 6.92 Å². The maximum Gasteiger partial charge on any atom is 0.322 e. The van der Waals surface area contributed by atoms with Gasteiger partial charge in [-0.15, -0.1) is 5.10 Å². The number of hydrogen-bond donors (Lipinski definition) is 1. The van der Waals surface area contributed by atoms with Gasteiger partial charge in [0.05, 0.1) is 20.8 Å². The molecule has 0 saturated heterocycles. The van der Waals surface area contributed by atoms with Crippen molar-refractivity contribution in [1.29, 1.82) is 0 Å². The van der Waals surface area contributed by atoms with E-state index in [2.05, 4.69) is 15.5 Å². The van der Waals surface area contributed by atoms with Crippen molar-refractivity contribution in [2.24, 2.45) is 0 Å². The SMILES string of the molecule is Cc1ccc(S(=O)(=O)CCC(=O)Nc2nnc(-c3ccc(S(=O)(=O)C(C)C)cc3)o2)cc1. The molecule has 0 fully saturated rings. The molecule has 1 heterocycles. The Balaban J connectivity index is 1.62. The highest BCUT2D eigenvalue weighted by Gasteiger charge is 2.20. The van der Waals surface area contributed by atoms with E-state index in [1.165, 1.54) is 36.4 Å². The molecule has 9 nitrogen and oxygen atoms in total. The van der Waals surface area contributed by atoms with Gasteiger partial charge in [-0.3, -0.25) is 10.1 Å². The number of nitrogens with zero attached hydrogens (tertiary/aromatic N) is 2. The Labute approximate surface area is 186 Å². The van der Waals surface area contributed by atoms with Gasteiger partial charge in [0.2, 0.25) is 11.8 Å². The minimum atomic E-state index is -3.60. The summed E-state index contributed by atoms with van der Waals surface area (Å²) in [5, 5.41) is 9.39. The molecule has 170 valence electrons. The topological polar surface area (TPSA) is 136 Å². The highest BCUT2D eigenvalue weighted by Crippen LogP contribution is 2.23. The molecule has 0 aliphatic rings. The van der Waals surface area contributed by atoms with Crippen LogP contribution in [0.4, 0.5) is 6.01 Å². The van der Waals surface area contributed by atoms with Crippen LogP contribution in [0.2, 0.25) is 0 Å². The number of aryl methyl sites for hydroxylation is 1. The van der Waals surface area contributed by atoms with E-state index < -0.39 is 30.8 Å². The predicted octanol–water partition coefficient (Wildman–Crippen LogP) is 3.03. The van der Waals surface area contributed by atoms with Gasteiger partial charge in [-0.1, -0.05) is 22.8 Å². The number of nitrogens with one attached hydrogen (secondary N) is 1. The number of amides is 1. The van der Waals surface area contributed by atoms with Crippen LogP contribution in [0.3, 0.4) is 0 Å². The van der Waals surface area contributed by atoms with Crippen LogP contribution < -0.4 is 5.32 Å². The third-order valence-electron chi connectivity index (χ3n) is 4.70. The van der Waals surface area contributed by atoms with Crippen LogP contribution in [0.15, 0.2) is 62.7 Å². The van der Waals surface area contributed by atoms with Gasteiger partial charge in [-0.2, -0.15) is 0 Å². The molecule has 0 saturated carbocycles. The largest absolute Gasteiger partial charge is 0.403 e. The summed E-state index contributed by atoms with van der Waals surface area (Å²) in [4.78, 5) is 12.5. The minimum absolute atomic E-state index is 0.0843. The first-order valence-corrected chi connectivity index (χ1v) is 13.0. The molecule has 0 radical (unpaired) electrons. The molecular weight excluding hydrogens is 454 g/mol. The zero-order valence-corrected chi connectivity index (χ0v) is 19.4. The molecule has 2 aromatic carbocycles. The van der Waals surface area contributed by atoms with Gasteiger partial charge in [-0.05, 0) is 57.2 Å². The molecule has 3 rings (SSSR count). The monoisotopic (exact) mass is 477 g/mol. The normalized spacial score (nSPS) is 12.1.